The third-order valence-electron chi connectivity index (χ3n) is 2.08. The molecule has 1 rings (SSSR count). The normalized spacial score (nSPS) is 25.4. The third-order valence-corrected chi connectivity index (χ3v) is 2.08. The van der Waals surface area contributed by atoms with Gasteiger partial charge in [-0.05, 0) is 45.3 Å². The first-order chi connectivity index (χ1) is 5.43. The van der Waals surface area contributed by atoms with E-state index in [1.54, 1.807) is 0 Å². The van der Waals surface area contributed by atoms with Crippen LogP contribution in [0, 0.1) is 0 Å². The molecule has 1 unspecified atom stereocenters. The van der Waals surface area contributed by atoms with Crippen molar-refractivity contribution in [3.05, 3.63) is 0 Å². The van der Waals surface area contributed by atoms with E-state index in [2.05, 4.69) is 10.6 Å². The van der Waals surface area contributed by atoms with Gasteiger partial charge in [0.15, 0.2) is 0 Å². The topological polar surface area (TPSA) is 50.1 Å². The van der Waals surface area contributed by atoms with Crippen molar-refractivity contribution in [3.8, 4) is 0 Å². The Balaban J connectivity index is 1.96. The highest BCUT2D eigenvalue weighted by molar-refractivity contribution is 4.69. The largest absolute Gasteiger partial charge is 0.330 e. The second-order valence-electron chi connectivity index (χ2n) is 3.10. The number of hydrogen-bond acceptors (Lipinski definition) is 3. The zero-order chi connectivity index (χ0) is 7.94. The van der Waals surface area contributed by atoms with Gasteiger partial charge in [-0.2, -0.15) is 0 Å². The van der Waals surface area contributed by atoms with E-state index in [9.17, 15) is 0 Å². The van der Waals surface area contributed by atoms with Gasteiger partial charge in [0.2, 0.25) is 0 Å². The van der Waals surface area contributed by atoms with Gasteiger partial charge in [-0.25, -0.2) is 0 Å². The molecular formula is C8H19N3. The van der Waals surface area contributed by atoms with Crippen molar-refractivity contribution in [2.24, 2.45) is 5.73 Å². The van der Waals surface area contributed by atoms with E-state index >= 15 is 0 Å². The van der Waals surface area contributed by atoms with Crippen molar-refractivity contribution in [1.82, 2.24) is 10.6 Å². The molecule has 1 aliphatic heterocycles. The predicted octanol–water partition coefficient (Wildman–Crippen LogP) is 0.0244. The van der Waals surface area contributed by atoms with Gasteiger partial charge in [0.1, 0.15) is 0 Å². The summed E-state index contributed by atoms with van der Waals surface area (Å²) in [6.07, 6.45) is 5.58. The fraction of sp³-hybridized carbons (Fsp3) is 1.00. The molecule has 0 spiro atoms. The lowest BCUT2D eigenvalue weighted by atomic mass is 10.1. The standard InChI is InChI=1S/C8H19N3/c9-5-3-7-11-8-4-1-2-6-10-8/h8,10-11H,1-7,9H2. The highest BCUT2D eigenvalue weighted by Gasteiger charge is 2.09. The van der Waals surface area contributed by atoms with E-state index in [1.807, 2.05) is 0 Å². The van der Waals surface area contributed by atoms with Gasteiger partial charge in [0.05, 0.1) is 6.17 Å². The number of nitrogens with one attached hydrogen (secondary N) is 2. The van der Waals surface area contributed by atoms with Gasteiger partial charge in [-0.3, -0.25) is 0 Å². The number of hydrogen-bond donors (Lipinski definition) is 3. The maximum Gasteiger partial charge on any atom is 0.0571 e. The van der Waals surface area contributed by atoms with Crippen LogP contribution < -0.4 is 16.4 Å². The summed E-state index contributed by atoms with van der Waals surface area (Å²) >= 11 is 0. The summed E-state index contributed by atoms with van der Waals surface area (Å²) in [5.74, 6) is 0. The van der Waals surface area contributed by atoms with Gasteiger partial charge < -0.3 is 16.4 Å². The molecule has 1 heterocycles. The number of nitrogens with two attached hydrogens (primary N) is 1. The van der Waals surface area contributed by atoms with E-state index < -0.39 is 0 Å². The van der Waals surface area contributed by atoms with Crippen LogP contribution in [-0.4, -0.2) is 25.8 Å². The van der Waals surface area contributed by atoms with Crippen LogP contribution >= 0.6 is 0 Å². The van der Waals surface area contributed by atoms with Crippen LogP contribution in [0.25, 0.3) is 0 Å². The summed E-state index contributed by atoms with van der Waals surface area (Å²) < 4.78 is 0. The van der Waals surface area contributed by atoms with Crippen molar-refractivity contribution < 1.29 is 0 Å². The van der Waals surface area contributed by atoms with Crippen LogP contribution in [0.15, 0.2) is 0 Å². The molecule has 66 valence electrons. The molecule has 1 saturated heterocycles. The Morgan fingerprint density at radius 1 is 1.45 bits per heavy atom. The van der Waals surface area contributed by atoms with Gasteiger partial charge in [0, 0.05) is 0 Å². The monoisotopic (exact) mass is 157 g/mol. The van der Waals surface area contributed by atoms with E-state index in [0.717, 1.165) is 19.5 Å². The van der Waals surface area contributed by atoms with Crippen LogP contribution in [0.3, 0.4) is 0 Å². The second kappa shape index (κ2) is 5.52. The summed E-state index contributed by atoms with van der Waals surface area (Å²) in [4.78, 5) is 0. The Morgan fingerprint density at radius 3 is 3.00 bits per heavy atom. The van der Waals surface area contributed by atoms with E-state index in [1.165, 1.54) is 25.8 Å². The van der Waals surface area contributed by atoms with Crippen molar-refractivity contribution in [3.63, 3.8) is 0 Å². The average molecular weight is 157 g/mol. The molecule has 3 nitrogen and oxygen atoms in total. The highest BCUT2D eigenvalue weighted by Crippen LogP contribution is 2.03. The van der Waals surface area contributed by atoms with Gasteiger partial charge >= 0.3 is 0 Å². The number of piperidine rings is 1. The summed E-state index contributed by atoms with van der Waals surface area (Å²) in [5, 5.41) is 6.86. The molecule has 1 atom stereocenters. The zero-order valence-electron chi connectivity index (χ0n) is 7.10. The van der Waals surface area contributed by atoms with Crippen LogP contribution in [-0.2, 0) is 0 Å². The molecule has 0 aromatic heterocycles. The molecule has 0 aromatic rings. The molecule has 0 aromatic carbocycles. The highest BCUT2D eigenvalue weighted by atomic mass is 15.1. The van der Waals surface area contributed by atoms with Crippen LogP contribution in [0.4, 0.5) is 0 Å². The minimum Gasteiger partial charge on any atom is -0.330 e. The molecule has 3 heteroatoms. The molecule has 1 fully saturated rings. The SMILES string of the molecule is NCCCNC1CCCCN1. The Bertz CT molecular complexity index is 89.3. The molecule has 11 heavy (non-hydrogen) atoms. The minimum absolute atomic E-state index is 0.551. The lowest BCUT2D eigenvalue weighted by molar-refractivity contribution is 0.343. The first kappa shape index (κ1) is 8.97. The van der Waals surface area contributed by atoms with Gasteiger partial charge in [0.25, 0.3) is 0 Å². The predicted molar refractivity (Wildman–Crippen MR) is 47.3 cm³/mol. The van der Waals surface area contributed by atoms with Crippen molar-refractivity contribution in [2.75, 3.05) is 19.6 Å². The fourth-order valence-electron chi connectivity index (χ4n) is 1.40. The maximum absolute atomic E-state index is 5.38. The fourth-order valence-corrected chi connectivity index (χ4v) is 1.40. The quantitative estimate of drug-likeness (QED) is 0.504. The Labute approximate surface area is 68.7 Å². The number of rotatable bonds is 4. The second-order valence-corrected chi connectivity index (χ2v) is 3.10. The summed E-state index contributed by atoms with van der Waals surface area (Å²) in [7, 11) is 0. The van der Waals surface area contributed by atoms with Crippen LogP contribution in [0.5, 0.6) is 0 Å². The lowest BCUT2D eigenvalue weighted by Crippen LogP contribution is -2.45. The zero-order valence-corrected chi connectivity index (χ0v) is 7.10. The molecule has 0 radical (unpaired) electrons. The van der Waals surface area contributed by atoms with Crippen molar-refractivity contribution in [2.45, 2.75) is 31.8 Å². The van der Waals surface area contributed by atoms with Crippen molar-refractivity contribution >= 4 is 0 Å². The van der Waals surface area contributed by atoms with Crippen LogP contribution in [0.1, 0.15) is 25.7 Å². The Kier molecular flexibility index (Phi) is 4.50. The lowest BCUT2D eigenvalue weighted by Gasteiger charge is -2.24. The maximum atomic E-state index is 5.38. The summed E-state index contributed by atoms with van der Waals surface area (Å²) in [5.41, 5.74) is 5.38. The van der Waals surface area contributed by atoms with Crippen molar-refractivity contribution in [1.29, 1.82) is 0 Å². The van der Waals surface area contributed by atoms with E-state index in [-0.39, 0.29) is 0 Å². The first-order valence-electron chi connectivity index (χ1n) is 4.60. The van der Waals surface area contributed by atoms with Crippen LogP contribution in [0.2, 0.25) is 0 Å². The average Bonchev–Trinajstić information content (AvgIpc) is 2.07. The Hall–Kier alpha value is -0.120. The summed E-state index contributed by atoms with van der Waals surface area (Å²) in [6, 6.07) is 0. The molecule has 0 aliphatic carbocycles. The molecule has 1 aliphatic rings. The molecule has 0 amide bonds. The molecule has 0 bridgehead atoms. The minimum atomic E-state index is 0.551. The van der Waals surface area contributed by atoms with Gasteiger partial charge in [-0.15, -0.1) is 0 Å². The van der Waals surface area contributed by atoms with E-state index in [4.69, 9.17) is 5.73 Å². The molecular weight excluding hydrogens is 138 g/mol. The molecule has 0 saturated carbocycles. The third kappa shape index (κ3) is 3.70. The smallest absolute Gasteiger partial charge is 0.0571 e. The van der Waals surface area contributed by atoms with E-state index in [0.29, 0.717) is 6.17 Å². The van der Waals surface area contributed by atoms with Gasteiger partial charge in [-0.1, -0.05) is 0 Å². The Morgan fingerprint density at radius 2 is 2.36 bits per heavy atom. The summed E-state index contributed by atoms with van der Waals surface area (Å²) in [6.45, 7) is 3.01. The first-order valence-corrected chi connectivity index (χ1v) is 4.60. The molecule has 4 N–H and O–H groups in total.